The summed E-state index contributed by atoms with van der Waals surface area (Å²) >= 11 is 17.1. The van der Waals surface area contributed by atoms with Gasteiger partial charge < -0.3 is 0 Å². The van der Waals surface area contributed by atoms with Gasteiger partial charge in [-0.2, -0.15) is 30.8 Å². The first kappa shape index (κ1) is 129. The van der Waals surface area contributed by atoms with Crippen LogP contribution >= 0.6 is 90.0 Å². The molecule has 0 bridgehead atoms. The molecule has 0 aliphatic carbocycles. The molecular weight excluding hydrogens is 1990 g/mol. The molecule has 811 valence electrons. The zero-order valence-electron chi connectivity index (χ0n) is 92.3. The number of nitrogens with one attached hydrogen (secondary N) is 2. The van der Waals surface area contributed by atoms with Crippen molar-refractivity contribution in [2.45, 2.75) is 595 Å². The Hall–Kier alpha value is -3.07. The van der Waals surface area contributed by atoms with E-state index in [1.54, 1.807) is 0 Å². The van der Waals surface area contributed by atoms with Crippen LogP contribution in [0.2, 0.25) is 0 Å². The molecule has 2 aromatic carbocycles. The zero-order valence-corrected chi connectivity index (χ0v) is 99.7. The van der Waals surface area contributed by atoms with E-state index in [0.29, 0.717) is 55.5 Å². The Labute approximate surface area is 913 Å². The van der Waals surface area contributed by atoms with Crippen molar-refractivity contribution in [3.63, 3.8) is 0 Å². The maximum atomic E-state index is 16.8. The Morgan fingerprint density at radius 2 is 0.420 bits per heavy atom. The Balaban J connectivity index is 0.000000426. The van der Waals surface area contributed by atoms with Crippen LogP contribution in [0.15, 0.2) is 46.9 Å². The molecule has 6 aromatic heterocycles. The number of benzene rings is 2. The summed E-state index contributed by atoms with van der Waals surface area (Å²) in [6, 6.07) is 8.47. The normalized spacial score (nSPS) is 12.6. The van der Waals surface area contributed by atoms with Crippen LogP contribution in [0.5, 0.6) is 0 Å². The molecular formula is C124H205BBr2F4N7S5. The molecule has 0 saturated carbocycles. The van der Waals surface area contributed by atoms with Crippen molar-refractivity contribution in [2.24, 2.45) is 28.0 Å². The number of hydrogen-bond donors (Lipinski definition) is 3. The van der Waals surface area contributed by atoms with Crippen LogP contribution < -0.4 is 0 Å². The summed E-state index contributed by atoms with van der Waals surface area (Å²) in [4.78, 5) is 2.92. The zero-order chi connectivity index (χ0) is 102. The number of unbranched alkanes of at least 4 members (excludes halogenated alkanes) is 64. The van der Waals surface area contributed by atoms with Crippen LogP contribution in [0.25, 0.3) is 63.8 Å². The predicted octanol–water partition coefficient (Wildman–Crippen LogP) is 47.1. The van der Waals surface area contributed by atoms with Gasteiger partial charge in [-0.15, -0.1) is 45.3 Å². The fourth-order valence-electron chi connectivity index (χ4n) is 22.1. The van der Waals surface area contributed by atoms with Gasteiger partial charge in [0.15, 0.2) is 23.3 Å². The van der Waals surface area contributed by atoms with E-state index in [2.05, 4.69) is 178 Å². The topological polar surface area (TPSA) is 95.5 Å². The fraction of sp³-hybridized carbons (Fsp3) is 0.774. The standard InChI is InChI=1S/C62H101Br2F2N3S2.C62H103F2N3S2.BHNS/c1-5-9-13-17-21-25-27-31-35-39-43-49(41-37-33-29-23-19-15-11-7-3)45-51-47-53(70-61(51)63)55-57(65)58(66)56(60-59(55)67-69-68-60)54-48-52(62(64)71-54)46-50(42-38-34-30-24-20-16-12-8-4)44-40-36-32-28-26-22-18-14-10-6-2;1-5-9-13-17-21-25-27-31-35-39-43-51(41-37-33-29-23-19-15-11-7-3)45-53-47-55(68-49-53)57-59(63)60(64)58(62-61(57)65-67-66-62)56-48-54(50-69-56)46-52(42-38-34-30-24-20-16-12-8-4)44-40-36-32-28-26-22-18-14-10-6-2;1-2-3/h47-50H,5-46H2,1-4H3,(H,67,68,69);47-52H,5-46H2,1-4H3,(H,65,66,67);3H. The van der Waals surface area contributed by atoms with Gasteiger partial charge in [-0.25, -0.2) is 17.6 Å². The van der Waals surface area contributed by atoms with Crippen molar-refractivity contribution in [3.05, 3.63) is 88.1 Å². The number of H-pyrrole nitrogens is 2. The van der Waals surface area contributed by atoms with Gasteiger partial charge in [0, 0.05) is 19.5 Å². The van der Waals surface area contributed by atoms with Gasteiger partial charge in [0.1, 0.15) is 22.1 Å². The molecule has 19 heteroatoms. The van der Waals surface area contributed by atoms with Crippen molar-refractivity contribution >= 4 is 120 Å². The van der Waals surface area contributed by atoms with Crippen LogP contribution in [0, 0.1) is 46.9 Å². The molecule has 0 aliphatic heterocycles. The monoisotopic (exact) mass is 2200 g/mol. The first-order valence-corrected chi connectivity index (χ1v) is 65.8. The minimum atomic E-state index is -0.831. The second-order valence-electron chi connectivity index (χ2n) is 43.6. The van der Waals surface area contributed by atoms with Gasteiger partial charge in [-0.3, -0.25) is 0 Å². The van der Waals surface area contributed by atoms with Crippen molar-refractivity contribution in [1.82, 2.24) is 30.8 Å². The quantitative estimate of drug-likeness (QED) is 0.0153. The molecule has 0 fully saturated rings. The average molecular weight is 2200 g/mol. The maximum absolute atomic E-state index is 16.8. The summed E-state index contributed by atoms with van der Waals surface area (Å²) in [5, 5.41) is 27.9. The van der Waals surface area contributed by atoms with Gasteiger partial charge in [0.2, 0.25) is 0 Å². The van der Waals surface area contributed by atoms with Crippen molar-refractivity contribution in [3.8, 4) is 41.8 Å². The van der Waals surface area contributed by atoms with E-state index in [1.165, 1.54) is 581 Å². The third-order valence-electron chi connectivity index (χ3n) is 30.9. The molecule has 2 N–H and O–H groups in total. The summed E-state index contributed by atoms with van der Waals surface area (Å²) < 4.78 is 71.5. The molecule has 0 aliphatic rings. The number of thiophene rings is 4. The fourth-order valence-corrected chi connectivity index (χ4v) is 27.6. The van der Waals surface area contributed by atoms with E-state index in [-0.39, 0.29) is 22.3 Å². The number of aromatic amines is 2. The third-order valence-corrected chi connectivity index (χ3v) is 36.9. The van der Waals surface area contributed by atoms with Gasteiger partial charge in [0.25, 0.3) is 0 Å². The minimum absolute atomic E-state index is 0.221. The van der Waals surface area contributed by atoms with E-state index in [1.807, 2.05) is 0 Å². The molecule has 4 atom stereocenters. The number of fused-ring (bicyclic) bond motifs is 2. The summed E-state index contributed by atoms with van der Waals surface area (Å²) in [5.41, 5.74) is 7.51. The predicted molar refractivity (Wildman–Crippen MR) is 637 cm³/mol. The van der Waals surface area contributed by atoms with Crippen LogP contribution in [0.4, 0.5) is 17.6 Å². The molecule has 8 aromatic rings. The van der Waals surface area contributed by atoms with Crippen LogP contribution in [-0.2, 0) is 25.7 Å². The van der Waals surface area contributed by atoms with Crippen LogP contribution in [0.1, 0.15) is 591 Å². The number of hydrogen-bond acceptors (Lipinski definition) is 10. The Morgan fingerprint density at radius 1 is 0.259 bits per heavy atom. The molecule has 4 unspecified atom stereocenters. The molecule has 6 heterocycles. The van der Waals surface area contributed by atoms with Crippen LogP contribution in [-0.4, -0.2) is 38.5 Å². The first-order chi connectivity index (χ1) is 70.2. The number of aromatic nitrogens is 6. The Kier molecular flexibility index (Phi) is 76.8. The molecule has 8 rings (SSSR count). The van der Waals surface area contributed by atoms with Crippen molar-refractivity contribution in [1.29, 1.82) is 0 Å². The van der Waals surface area contributed by atoms with Gasteiger partial charge >= 0.3 is 24.8 Å². The van der Waals surface area contributed by atoms with E-state index in [0.717, 1.165) is 43.0 Å². The number of thiol groups is 1. The number of rotatable bonds is 92. The first-order valence-electron chi connectivity index (χ1n) is 60.4. The molecule has 7 nitrogen and oxygen atoms in total. The number of halogens is 6. The second-order valence-corrected chi connectivity index (χ2v) is 50.4. The summed E-state index contributed by atoms with van der Waals surface area (Å²) in [7, 11) is 4.34. The van der Waals surface area contributed by atoms with Gasteiger partial charge in [-0.05, 0) is 138 Å². The molecule has 0 saturated heterocycles. The molecule has 143 heavy (non-hydrogen) atoms. The molecule has 0 spiro atoms. The molecule has 0 amide bonds. The number of nitrogens with zero attached hydrogens (tertiary/aromatic N) is 5. The Bertz CT molecular complexity index is 4110. The average Bonchev–Trinajstić information content (AvgIpc) is 1.63. The Morgan fingerprint density at radius 3 is 0.601 bits per heavy atom. The summed E-state index contributed by atoms with van der Waals surface area (Å²) in [6.45, 7) is 18.3. The van der Waals surface area contributed by atoms with Gasteiger partial charge in [-0.1, -0.05) is 569 Å². The van der Waals surface area contributed by atoms with E-state index >= 15 is 17.6 Å². The second kappa shape index (κ2) is 85.4. The third kappa shape index (κ3) is 54.4. The van der Waals surface area contributed by atoms with Crippen LogP contribution in [0.3, 0.4) is 0 Å². The summed E-state index contributed by atoms with van der Waals surface area (Å²) in [5.74, 6) is -0.848. The molecule has 1 radical (unpaired) electrons. The van der Waals surface area contributed by atoms with E-state index in [4.69, 9.17) is 0 Å². The van der Waals surface area contributed by atoms with E-state index < -0.39 is 23.3 Å². The van der Waals surface area contributed by atoms with Gasteiger partial charge in [0.05, 0.1) is 29.8 Å². The van der Waals surface area contributed by atoms with Crippen molar-refractivity contribution in [2.75, 3.05) is 0 Å². The van der Waals surface area contributed by atoms with E-state index in [9.17, 15) is 0 Å². The van der Waals surface area contributed by atoms with Crippen molar-refractivity contribution < 1.29 is 17.6 Å². The summed E-state index contributed by atoms with van der Waals surface area (Å²) in [6.07, 6.45) is 111. The SMILES string of the molecule is CCCCCCCCCCCCC(CCCCCCCCCC)Cc1cc(-c2c(F)c(F)c(-c3cc(CC(CCCCCCCCCC)CCCCCCCCCCCC)c(Br)s3)c3n[nH]nc23)sc1Br.CCCCCCCCCCCCC(CCCCCCCCCC)Cc1csc(-c2c(F)c(F)c(-c3cc(CC(CCCCCCCCCC)CCCCCCCCCCCC)cs3)c3n[nH]nc23)c1.[B]=NS.